The van der Waals surface area contributed by atoms with E-state index < -0.39 is 11.9 Å². The van der Waals surface area contributed by atoms with Crippen molar-refractivity contribution in [3.8, 4) is 0 Å². The SMILES string of the molecule is CCOC(=O)C(CC(=O)C1CCCCC1)C(=O)c1ccccc1. The van der Waals surface area contributed by atoms with Crippen LogP contribution in [-0.4, -0.2) is 24.1 Å². The first-order chi connectivity index (χ1) is 11.1. The molecule has 0 bridgehead atoms. The van der Waals surface area contributed by atoms with Crippen molar-refractivity contribution in [2.24, 2.45) is 11.8 Å². The van der Waals surface area contributed by atoms with Gasteiger partial charge in [0.2, 0.25) is 0 Å². The molecule has 1 atom stereocenters. The molecule has 1 saturated carbocycles. The van der Waals surface area contributed by atoms with Crippen LogP contribution in [0.5, 0.6) is 0 Å². The van der Waals surface area contributed by atoms with Gasteiger partial charge in [-0.25, -0.2) is 0 Å². The zero-order valence-electron chi connectivity index (χ0n) is 13.6. The van der Waals surface area contributed by atoms with E-state index in [4.69, 9.17) is 4.74 Å². The molecule has 0 aliphatic heterocycles. The molecule has 0 saturated heterocycles. The lowest BCUT2D eigenvalue weighted by atomic mass is 9.81. The average Bonchev–Trinajstić information content (AvgIpc) is 2.60. The Bertz CT molecular complexity index is 544. The Kier molecular flexibility index (Phi) is 6.51. The predicted octanol–water partition coefficient (Wildman–Crippen LogP) is 3.59. The van der Waals surface area contributed by atoms with Gasteiger partial charge in [-0.1, -0.05) is 49.6 Å². The summed E-state index contributed by atoms with van der Waals surface area (Å²) in [4.78, 5) is 37.3. The van der Waals surface area contributed by atoms with Crippen molar-refractivity contribution < 1.29 is 19.1 Å². The topological polar surface area (TPSA) is 60.4 Å². The van der Waals surface area contributed by atoms with Crippen molar-refractivity contribution in [2.45, 2.75) is 45.4 Å². The maximum atomic E-state index is 12.6. The average molecular weight is 316 g/mol. The number of benzene rings is 1. The van der Waals surface area contributed by atoms with E-state index in [0.29, 0.717) is 5.56 Å². The normalized spacial score (nSPS) is 16.6. The Morgan fingerprint density at radius 3 is 2.35 bits per heavy atom. The van der Waals surface area contributed by atoms with Crippen LogP contribution in [0, 0.1) is 11.8 Å². The Morgan fingerprint density at radius 1 is 1.09 bits per heavy atom. The molecule has 1 aliphatic carbocycles. The van der Waals surface area contributed by atoms with Gasteiger partial charge in [0, 0.05) is 17.9 Å². The zero-order valence-corrected chi connectivity index (χ0v) is 13.6. The van der Waals surface area contributed by atoms with E-state index in [0.717, 1.165) is 32.1 Å². The number of carbonyl (C=O) groups excluding carboxylic acids is 3. The summed E-state index contributed by atoms with van der Waals surface area (Å²) in [6.45, 7) is 1.90. The molecule has 2 rings (SSSR count). The van der Waals surface area contributed by atoms with Gasteiger partial charge in [-0.15, -0.1) is 0 Å². The Hall–Kier alpha value is -1.97. The molecule has 0 heterocycles. The summed E-state index contributed by atoms with van der Waals surface area (Å²) in [6.07, 6.45) is 4.95. The summed E-state index contributed by atoms with van der Waals surface area (Å²) in [5.74, 6) is -1.93. The van der Waals surface area contributed by atoms with Gasteiger partial charge in [-0.3, -0.25) is 14.4 Å². The second kappa shape index (κ2) is 8.61. The van der Waals surface area contributed by atoms with E-state index in [1.165, 1.54) is 0 Å². The molecule has 0 aromatic heterocycles. The van der Waals surface area contributed by atoms with Crippen molar-refractivity contribution in [3.05, 3.63) is 35.9 Å². The highest BCUT2D eigenvalue weighted by Gasteiger charge is 2.33. The third-order valence-electron chi connectivity index (χ3n) is 4.41. The highest BCUT2D eigenvalue weighted by molar-refractivity contribution is 6.10. The van der Waals surface area contributed by atoms with Gasteiger partial charge in [0.1, 0.15) is 11.7 Å². The Morgan fingerprint density at radius 2 is 1.74 bits per heavy atom. The lowest BCUT2D eigenvalue weighted by Crippen LogP contribution is -2.31. The fourth-order valence-electron chi connectivity index (χ4n) is 3.12. The quantitative estimate of drug-likeness (QED) is 0.438. The first-order valence-corrected chi connectivity index (χ1v) is 8.42. The van der Waals surface area contributed by atoms with Crippen molar-refractivity contribution in [1.82, 2.24) is 0 Å². The fraction of sp³-hybridized carbons (Fsp3) is 0.526. The first kappa shape index (κ1) is 17.4. The van der Waals surface area contributed by atoms with Crippen molar-refractivity contribution in [1.29, 1.82) is 0 Å². The minimum absolute atomic E-state index is 0.00995. The minimum atomic E-state index is -1.02. The summed E-state index contributed by atoms with van der Waals surface area (Å²) < 4.78 is 5.02. The molecule has 0 N–H and O–H groups in total. The number of Topliss-reactive ketones (excluding diaryl/α,β-unsaturated/α-hetero) is 2. The molecular weight excluding hydrogens is 292 g/mol. The zero-order chi connectivity index (χ0) is 16.7. The van der Waals surface area contributed by atoms with Crippen LogP contribution >= 0.6 is 0 Å². The second-order valence-electron chi connectivity index (χ2n) is 6.04. The van der Waals surface area contributed by atoms with Crippen LogP contribution in [0.4, 0.5) is 0 Å². The van der Waals surface area contributed by atoms with Crippen LogP contribution in [0.3, 0.4) is 0 Å². The number of carbonyl (C=O) groups is 3. The summed E-state index contributed by atoms with van der Waals surface area (Å²) in [7, 11) is 0. The highest BCUT2D eigenvalue weighted by atomic mass is 16.5. The fourth-order valence-corrected chi connectivity index (χ4v) is 3.12. The van der Waals surface area contributed by atoms with Crippen molar-refractivity contribution >= 4 is 17.5 Å². The first-order valence-electron chi connectivity index (χ1n) is 8.42. The number of ketones is 2. The molecule has 4 nitrogen and oxygen atoms in total. The molecule has 4 heteroatoms. The molecule has 1 fully saturated rings. The van der Waals surface area contributed by atoms with Gasteiger partial charge in [-0.2, -0.15) is 0 Å². The van der Waals surface area contributed by atoms with Gasteiger partial charge in [0.15, 0.2) is 5.78 Å². The van der Waals surface area contributed by atoms with Gasteiger partial charge < -0.3 is 4.74 Å². The third-order valence-corrected chi connectivity index (χ3v) is 4.41. The number of esters is 1. The Balaban J connectivity index is 2.12. The van der Waals surface area contributed by atoms with E-state index >= 15 is 0 Å². The van der Waals surface area contributed by atoms with Crippen LogP contribution < -0.4 is 0 Å². The molecular formula is C19H24O4. The molecule has 1 aromatic rings. The van der Waals surface area contributed by atoms with Crippen LogP contribution in [0.15, 0.2) is 30.3 Å². The molecule has 124 valence electrons. The third kappa shape index (κ3) is 4.75. The summed E-state index contributed by atoms with van der Waals surface area (Å²) in [5.41, 5.74) is 0.446. The van der Waals surface area contributed by atoms with Gasteiger partial charge in [0.05, 0.1) is 6.61 Å². The van der Waals surface area contributed by atoms with Crippen LogP contribution in [-0.2, 0) is 14.3 Å². The number of hydrogen-bond acceptors (Lipinski definition) is 4. The monoisotopic (exact) mass is 316 g/mol. The minimum Gasteiger partial charge on any atom is -0.465 e. The van der Waals surface area contributed by atoms with E-state index in [-0.39, 0.29) is 30.5 Å². The van der Waals surface area contributed by atoms with E-state index in [1.807, 2.05) is 6.07 Å². The molecule has 1 unspecified atom stereocenters. The molecule has 0 amide bonds. The summed E-state index contributed by atoms with van der Waals surface area (Å²) in [6, 6.07) is 8.64. The highest BCUT2D eigenvalue weighted by Crippen LogP contribution is 2.27. The maximum absolute atomic E-state index is 12.6. The number of hydrogen-bond donors (Lipinski definition) is 0. The maximum Gasteiger partial charge on any atom is 0.317 e. The van der Waals surface area contributed by atoms with Crippen molar-refractivity contribution in [3.63, 3.8) is 0 Å². The standard InChI is InChI=1S/C19H24O4/c1-2-23-19(22)16(18(21)15-11-7-4-8-12-15)13-17(20)14-9-5-3-6-10-14/h4,7-8,11-12,14,16H,2-3,5-6,9-10,13H2,1H3. The lowest BCUT2D eigenvalue weighted by molar-refractivity contribution is -0.148. The van der Waals surface area contributed by atoms with Crippen LogP contribution in [0.1, 0.15) is 55.8 Å². The van der Waals surface area contributed by atoms with Crippen molar-refractivity contribution in [2.75, 3.05) is 6.61 Å². The number of rotatable bonds is 7. The molecule has 0 spiro atoms. The largest absolute Gasteiger partial charge is 0.465 e. The lowest BCUT2D eigenvalue weighted by Gasteiger charge is -2.22. The summed E-state index contributed by atoms with van der Waals surface area (Å²) in [5, 5.41) is 0. The molecule has 1 aromatic carbocycles. The molecule has 1 aliphatic rings. The number of ether oxygens (including phenoxy) is 1. The van der Waals surface area contributed by atoms with Gasteiger partial charge >= 0.3 is 5.97 Å². The smallest absolute Gasteiger partial charge is 0.317 e. The predicted molar refractivity (Wildman–Crippen MR) is 87.1 cm³/mol. The van der Waals surface area contributed by atoms with E-state index in [1.54, 1.807) is 31.2 Å². The summed E-state index contributed by atoms with van der Waals surface area (Å²) >= 11 is 0. The van der Waals surface area contributed by atoms with Crippen LogP contribution in [0.2, 0.25) is 0 Å². The van der Waals surface area contributed by atoms with Gasteiger partial charge in [0.25, 0.3) is 0 Å². The van der Waals surface area contributed by atoms with E-state index in [2.05, 4.69) is 0 Å². The molecule has 23 heavy (non-hydrogen) atoms. The van der Waals surface area contributed by atoms with Crippen LogP contribution in [0.25, 0.3) is 0 Å². The molecule has 0 radical (unpaired) electrons. The van der Waals surface area contributed by atoms with Gasteiger partial charge in [-0.05, 0) is 19.8 Å². The van der Waals surface area contributed by atoms with E-state index in [9.17, 15) is 14.4 Å². The second-order valence-corrected chi connectivity index (χ2v) is 6.04. The Labute approximate surface area is 137 Å².